The molecule has 2 unspecified atom stereocenters. The Kier molecular flexibility index (Phi) is 14.9. The minimum atomic E-state index is -3.39. The Morgan fingerprint density at radius 2 is 0.844 bits per heavy atom. The summed E-state index contributed by atoms with van der Waals surface area (Å²) >= 11 is 0. The fraction of sp³-hybridized carbons (Fsp3) is 0.957. The van der Waals surface area contributed by atoms with Gasteiger partial charge in [0.05, 0.1) is 10.1 Å². The minimum absolute atomic E-state index is 0.0524. The average Bonchev–Trinajstić information content (AvgIpc) is 2.84. The van der Waals surface area contributed by atoms with E-state index in [1.165, 1.54) is 0 Å². The van der Waals surface area contributed by atoms with E-state index in [-0.39, 0.29) is 5.78 Å². The van der Waals surface area contributed by atoms with Gasteiger partial charge in [0.1, 0.15) is 0 Å². The summed E-state index contributed by atoms with van der Waals surface area (Å²) in [6.45, 7) is 8.38. The molecule has 0 rings (SSSR count). The second kappa shape index (κ2) is 15.0. The number of carbonyl (C=O) groups excluding carboxylic acids is 1. The summed E-state index contributed by atoms with van der Waals surface area (Å²) in [5, 5.41) is -1.84. The third kappa shape index (κ3) is 5.74. The number of ketones is 1. The maximum Gasteiger partial charge on any atom is 0.514 e. The van der Waals surface area contributed by atoms with Crippen molar-refractivity contribution in [2.24, 2.45) is 0 Å². The van der Waals surface area contributed by atoms with Gasteiger partial charge in [-0.1, -0.05) is 66.2 Å². The standard InChI is InChI=1S/C23H50O7Si2/c1-11-15-17-19-22(13-3,31(25-5,26-6)27-7)21(24)23(14-4,20-18-16-12-2)32(28-8,29-9)30-10/h11-20H2,1-10H3. The average molecular weight is 495 g/mol. The van der Waals surface area contributed by atoms with Gasteiger partial charge in [-0.3, -0.25) is 4.79 Å². The first-order valence-electron chi connectivity index (χ1n) is 12.1. The van der Waals surface area contributed by atoms with E-state index in [0.717, 1.165) is 38.5 Å². The van der Waals surface area contributed by atoms with Gasteiger partial charge in [-0.15, -0.1) is 0 Å². The Hall–Kier alpha value is -0.136. The molecule has 0 radical (unpaired) electrons. The van der Waals surface area contributed by atoms with E-state index in [1.54, 1.807) is 42.7 Å². The van der Waals surface area contributed by atoms with Gasteiger partial charge in [0.25, 0.3) is 0 Å². The van der Waals surface area contributed by atoms with E-state index in [0.29, 0.717) is 25.7 Å². The Morgan fingerprint density at radius 1 is 0.562 bits per heavy atom. The Balaban J connectivity index is 7.07. The Bertz CT molecular complexity index is 466. The van der Waals surface area contributed by atoms with Gasteiger partial charge in [0, 0.05) is 42.7 Å². The van der Waals surface area contributed by atoms with E-state index in [4.69, 9.17) is 26.6 Å². The molecule has 0 N–H and O–H groups in total. The second-order valence-electron chi connectivity index (χ2n) is 8.45. The monoisotopic (exact) mass is 494 g/mol. The molecule has 0 spiro atoms. The molecule has 0 heterocycles. The third-order valence-corrected chi connectivity index (χ3v) is 14.5. The first-order valence-corrected chi connectivity index (χ1v) is 15.6. The van der Waals surface area contributed by atoms with Crippen molar-refractivity contribution in [3.05, 3.63) is 0 Å². The predicted octanol–water partition coefficient (Wildman–Crippen LogP) is 5.77. The highest BCUT2D eigenvalue weighted by Gasteiger charge is 2.72. The summed E-state index contributed by atoms with van der Waals surface area (Å²) in [6.07, 6.45) is 8.29. The van der Waals surface area contributed by atoms with Crippen LogP contribution in [0.5, 0.6) is 0 Å². The van der Waals surface area contributed by atoms with E-state index in [1.807, 2.05) is 13.8 Å². The second-order valence-corrected chi connectivity index (χ2v) is 15.0. The molecule has 0 aliphatic heterocycles. The lowest BCUT2D eigenvalue weighted by atomic mass is 9.81. The normalized spacial score (nSPS) is 16.6. The first-order chi connectivity index (χ1) is 15.3. The maximum atomic E-state index is 15.0. The fourth-order valence-electron chi connectivity index (χ4n) is 5.40. The van der Waals surface area contributed by atoms with Crippen LogP contribution in [0.4, 0.5) is 0 Å². The lowest BCUT2D eigenvalue weighted by Gasteiger charge is -2.50. The Morgan fingerprint density at radius 3 is 1.03 bits per heavy atom. The zero-order valence-corrected chi connectivity index (χ0v) is 24.4. The van der Waals surface area contributed by atoms with Crippen molar-refractivity contribution in [1.82, 2.24) is 0 Å². The quantitative estimate of drug-likeness (QED) is 0.157. The van der Waals surface area contributed by atoms with Gasteiger partial charge in [0.2, 0.25) is 0 Å². The molecule has 0 amide bonds. The first kappa shape index (κ1) is 31.9. The van der Waals surface area contributed by atoms with Crippen LogP contribution in [0.15, 0.2) is 0 Å². The summed E-state index contributed by atoms with van der Waals surface area (Å²) in [5.74, 6) is 0.0524. The van der Waals surface area contributed by atoms with Gasteiger partial charge in [-0.2, -0.15) is 0 Å². The van der Waals surface area contributed by atoms with Crippen LogP contribution < -0.4 is 0 Å². The number of hydrogen-bond acceptors (Lipinski definition) is 7. The molecule has 192 valence electrons. The van der Waals surface area contributed by atoms with Crippen molar-refractivity contribution in [2.45, 2.75) is 102 Å². The van der Waals surface area contributed by atoms with Gasteiger partial charge in [-0.05, 0) is 25.7 Å². The highest BCUT2D eigenvalue weighted by atomic mass is 28.4. The molecule has 9 heteroatoms. The predicted molar refractivity (Wildman–Crippen MR) is 133 cm³/mol. The van der Waals surface area contributed by atoms with Gasteiger partial charge >= 0.3 is 17.6 Å². The van der Waals surface area contributed by atoms with Crippen molar-refractivity contribution in [2.75, 3.05) is 42.7 Å². The zero-order chi connectivity index (χ0) is 24.9. The van der Waals surface area contributed by atoms with Gasteiger partial charge in [0.15, 0.2) is 5.78 Å². The lowest BCUT2D eigenvalue weighted by molar-refractivity contribution is -0.131. The SMILES string of the molecule is CCCCCC(CC)(C(=O)C(CC)(CCCCC)[Si](OC)(OC)OC)[Si](OC)(OC)OC. The van der Waals surface area contributed by atoms with Crippen molar-refractivity contribution in [1.29, 1.82) is 0 Å². The molecule has 0 fully saturated rings. The van der Waals surface area contributed by atoms with Crippen LogP contribution in [-0.4, -0.2) is 66.1 Å². The van der Waals surface area contributed by atoms with E-state index in [2.05, 4.69) is 13.8 Å². The molecule has 7 nitrogen and oxygen atoms in total. The summed E-state index contributed by atoms with van der Waals surface area (Å²) < 4.78 is 35.9. The lowest BCUT2D eigenvalue weighted by Crippen LogP contribution is -2.65. The smallest absolute Gasteiger partial charge is 0.376 e. The van der Waals surface area contributed by atoms with E-state index in [9.17, 15) is 4.79 Å². The van der Waals surface area contributed by atoms with Crippen LogP contribution in [0, 0.1) is 0 Å². The highest BCUT2D eigenvalue weighted by Crippen LogP contribution is 2.60. The van der Waals surface area contributed by atoms with Crippen molar-refractivity contribution >= 4 is 23.4 Å². The number of Topliss-reactive ketones (excluding diaryl/α,β-unsaturated/α-hetero) is 1. The molecule has 0 aromatic carbocycles. The molecule has 2 atom stereocenters. The van der Waals surface area contributed by atoms with Gasteiger partial charge < -0.3 is 26.6 Å². The number of rotatable bonds is 20. The van der Waals surface area contributed by atoms with Crippen LogP contribution >= 0.6 is 0 Å². The maximum absolute atomic E-state index is 15.0. The third-order valence-electron chi connectivity index (χ3n) is 7.28. The molecular formula is C23H50O7Si2. The molecule has 0 aliphatic rings. The fourth-order valence-corrected chi connectivity index (χ4v) is 11.7. The van der Waals surface area contributed by atoms with Crippen LogP contribution in [-0.2, 0) is 31.4 Å². The Labute approximate surface area is 199 Å². The van der Waals surface area contributed by atoms with Crippen LogP contribution in [0.25, 0.3) is 0 Å². The molecule has 0 saturated heterocycles. The van der Waals surface area contributed by atoms with Crippen LogP contribution in [0.2, 0.25) is 10.1 Å². The minimum Gasteiger partial charge on any atom is -0.376 e. The van der Waals surface area contributed by atoms with Gasteiger partial charge in [-0.25, -0.2) is 0 Å². The highest BCUT2D eigenvalue weighted by molar-refractivity contribution is 6.74. The van der Waals surface area contributed by atoms with Crippen LogP contribution in [0.1, 0.15) is 91.9 Å². The largest absolute Gasteiger partial charge is 0.514 e. The number of carbonyl (C=O) groups is 1. The summed E-state index contributed by atoms with van der Waals surface area (Å²) in [4.78, 5) is 15.0. The molecule has 0 aromatic heterocycles. The van der Waals surface area contributed by atoms with Crippen LogP contribution in [0.3, 0.4) is 0 Å². The van der Waals surface area contributed by atoms with Crippen molar-refractivity contribution in [3.8, 4) is 0 Å². The topological polar surface area (TPSA) is 72.5 Å². The summed E-state index contributed by atoms with van der Waals surface area (Å²) in [6, 6.07) is 0. The van der Waals surface area contributed by atoms with E-state index >= 15 is 0 Å². The number of hydrogen-bond donors (Lipinski definition) is 0. The van der Waals surface area contributed by atoms with Crippen molar-refractivity contribution < 1.29 is 31.4 Å². The molecule has 32 heavy (non-hydrogen) atoms. The molecule has 0 aromatic rings. The zero-order valence-electron chi connectivity index (χ0n) is 22.4. The molecule has 0 aliphatic carbocycles. The summed E-state index contributed by atoms with van der Waals surface area (Å²) in [7, 11) is 2.76. The van der Waals surface area contributed by atoms with E-state index < -0.39 is 27.7 Å². The molecular weight excluding hydrogens is 444 g/mol. The molecule has 0 saturated carbocycles. The van der Waals surface area contributed by atoms with Crippen molar-refractivity contribution in [3.63, 3.8) is 0 Å². The number of unbranched alkanes of at least 4 members (excludes halogenated alkanes) is 4. The molecule has 0 bridgehead atoms. The summed E-state index contributed by atoms with van der Waals surface area (Å²) in [5.41, 5.74) is 0.